The number of rotatable bonds is 5. The second kappa shape index (κ2) is 10.7. The van der Waals surface area contributed by atoms with E-state index >= 15 is 0 Å². The van der Waals surface area contributed by atoms with Crippen LogP contribution in [0.25, 0.3) is 17.0 Å². The number of hydrogen-bond acceptors (Lipinski definition) is 6. The van der Waals surface area contributed by atoms with Gasteiger partial charge in [-0.3, -0.25) is 9.48 Å². The van der Waals surface area contributed by atoms with Crippen molar-refractivity contribution in [2.75, 3.05) is 13.1 Å². The summed E-state index contributed by atoms with van der Waals surface area (Å²) in [5.41, 5.74) is -0.159. The highest BCUT2D eigenvalue weighted by Gasteiger charge is 2.36. The molecule has 0 spiro atoms. The van der Waals surface area contributed by atoms with Gasteiger partial charge in [0.25, 0.3) is 5.91 Å². The quantitative estimate of drug-likeness (QED) is 0.307. The van der Waals surface area contributed by atoms with Crippen LogP contribution in [-0.4, -0.2) is 59.1 Å². The number of nitrogens with zero attached hydrogens (tertiary/aromatic N) is 6. The van der Waals surface area contributed by atoms with Crippen molar-refractivity contribution in [1.82, 2.24) is 24.2 Å². The summed E-state index contributed by atoms with van der Waals surface area (Å²) in [6, 6.07) is 9.12. The monoisotopic (exact) mass is 600 g/mol. The van der Waals surface area contributed by atoms with Crippen molar-refractivity contribution in [3.8, 4) is 0 Å². The first-order valence-electron chi connectivity index (χ1n) is 12.8. The zero-order valence-electron chi connectivity index (χ0n) is 21.6. The third-order valence-corrected chi connectivity index (χ3v) is 8.55. The molecule has 1 saturated heterocycles. The molecule has 0 atom stereocenters. The molecule has 1 N–H and O–H groups in total. The SMILES string of the molecule is O=C1N=C(N2CCC(O)(Cn3ccnc3)CC2)SC1=Cc1ccc2c(cnn2Cc2ccc(Cl)cc2C(F)(F)F)c1. The maximum absolute atomic E-state index is 13.5. The number of carbonyl (C=O) groups is 1. The zero-order valence-corrected chi connectivity index (χ0v) is 23.1. The van der Waals surface area contributed by atoms with Crippen molar-refractivity contribution in [2.45, 2.75) is 37.7 Å². The molecule has 212 valence electrons. The lowest BCUT2D eigenvalue weighted by atomic mass is 9.91. The van der Waals surface area contributed by atoms with Gasteiger partial charge in [-0.25, -0.2) is 4.98 Å². The minimum atomic E-state index is -4.54. The first-order valence-corrected chi connectivity index (χ1v) is 14.0. The average Bonchev–Trinajstić information content (AvgIpc) is 3.66. The van der Waals surface area contributed by atoms with E-state index in [4.69, 9.17) is 11.6 Å². The smallest absolute Gasteiger partial charge is 0.388 e. The summed E-state index contributed by atoms with van der Waals surface area (Å²) in [5, 5.41) is 16.6. The van der Waals surface area contributed by atoms with E-state index < -0.39 is 17.3 Å². The number of halogens is 4. The summed E-state index contributed by atoms with van der Waals surface area (Å²) in [6.07, 6.45) is 5.07. The van der Waals surface area contributed by atoms with Gasteiger partial charge in [-0.2, -0.15) is 23.3 Å². The fourth-order valence-corrected chi connectivity index (χ4v) is 6.25. The Morgan fingerprint density at radius 3 is 2.68 bits per heavy atom. The van der Waals surface area contributed by atoms with E-state index in [1.165, 1.54) is 28.6 Å². The lowest BCUT2D eigenvalue weighted by Crippen LogP contribution is -2.47. The van der Waals surface area contributed by atoms with Crippen molar-refractivity contribution in [2.24, 2.45) is 4.99 Å². The molecular weight excluding hydrogens is 577 g/mol. The maximum atomic E-state index is 13.5. The molecule has 0 unspecified atom stereocenters. The first-order chi connectivity index (χ1) is 19.6. The Balaban J connectivity index is 1.14. The number of fused-ring (bicyclic) bond motifs is 1. The predicted octanol–water partition coefficient (Wildman–Crippen LogP) is 5.45. The number of hydrogen-bond donors (Lipinski definition) is 1. The molecule has 4 aromatic rings. The van der Waals surface area contributed by atoms with Crippen LogP contribution in [0.4, 0.5) is 13.2 Å². The lowest BCUT2D eigenvalue weighted by Gasteiger charge is -2.38. The number of amides is 1. The van der Waals surface area contributed by atoms with Crippen LogP contribution >= 0.6 is 23.4 Å². The molecule has 2 aliphatic rings. The molecule has 2 aromatic heterocycles. The van der Waals surface area contributed by atoms with E-state index in [1.807, 2.05) is 21.7 Å². The summed E-state index contributed by atoms with van der Waals surface area (Å²) >= 11 is 7.10. The molecule has 0 bridgehead atoms. The van der Waals surface area contributed by atoms with Crippen molar-refractivity contribution >= 4 is 51.4 Å². The molecule has 0 saturated carbocycles. The minimum Gasteiger partial charge on any atom is -0.388 e. The van der Waals surface area contributed by atoms with Gasteiger partial charge in [0.15, 0.2) is 5.17 Å². The molecule has 8 nitrogen and oxygen atoms in total. The van der Waals surface area contributed by atoms with Crippen LogP contribution in [0, 0.1) is 0 Å². The normalized spacial score (nSPS) is 18.5. The first kappa shape index (κ1) is 27.6. The third kappa shape index (κ3) is 5.90. The topological polar surface area (TPSA) is 88.5 Å². The predicted molar refractivity (Wildman–Crippen MR) is 151 cm³/mol. The van der Waals surface area contributed by atoms with Gasteiger partial charge in [0.05, 0.1) is 47.2 Å². The minimum absolute atomic E-state index is 0.0166. The number of imidazole rings is 1. The fraction of sp³-hybridized carbons (Fsp3) is 0.286. The number of thioether (sulfide) groups is 1. The Labute approximate surface area is 242 Å². The molecule has 0 aliphatic carbocycles. The van der Waals surface area contributed by atoms with Gasteiger partial charge in [0.1, 0.15) is 0 Å². The maximum Gasteiger partial charge on any atom is 0.416 e. The number of aliphatic hydroxyl groups is 1. The summed E-state index contributed by atoms with van der Waals surface area (Å²) in [5.74, 6) is -0.331. The molecule has 1 amide bonds. The van der Waals surface area contributed by atoms with E-state index in [2.05, 4.69) is 15.1 Å². The van der Waals surface area contributed by atoms with Gasteiger partial charge in [-0.1, -0.05) is 23.7 Å². The Morgan fingerprint density at radius 2 is 1.95 bits per heavy atom. The molecule has 4 heterocycles. The molecule has 6 rings (SSSR count). The van der Waals surface area contributed by atoms with Crippen molar-refractivity contribution < 1.29 is 23.1 Å². The number of benzene rings is 2. The summed E-state index contributed by atoms with van der Waals surface area (Å²) in [7, 11) is 0. The average molecular weight is 601 g/mol. The van der Waals surface area contributed by atoms with E-state index in [1.54, 1.807) is 36.9 Å². The molecule has 1 fully saturated rings. The van der Waals surface area contributed by atoms with E-state index in [9.17, 15) is 23.1 Å². The molecule has 41 heavy (non-hydrogen) atoms. The van der Waals surface area contributed by atoms with Crippen LogP contribution in [0.1, 0.15) is 29.5 Å². The molecular formula is C28H24ClF3N6O2S. The van der Waals surface area contributed by atoms with E-state index in [-0.39, 0.29) is 23.0 Å². The van der Waals surface area contributed by atoms with E-state index in [0.29, 0.717) is 48.1 Å². The number of aliphatic imine (C=N–C) groups is 1. The van der Waals surface area contributed by atoms with Gasteiger partial charge < -0.3 is 14.6 Å². The highest BCUT2D eigenvalue weighted by Crippen LogP contribution is 2.36. The number of likely N-dealkylation sites (tertiary alicyclic amines) is 1. The van der Waals surface area contributed by atoms with Crippen LogP contribution in [0.2, 0.25) is 5.02 Å². The molecule has 2 aliphatic heterocycles. The number of aromatic nitrogens is 4. The molecule has 0 radical (unpaired) electrons. The Morgan fingerprint density at radius 1 is 1.15 bits per heavy atom. The van der Waals surface area contributed by atoms with Crippen LogP contribution in [0.3, 0.4) is 0 Å². The second-order valence-electron chi connectivity index (χ2n) is 10.2. The second-order valence-corrected chi connectivity index (χ2v) is 11.6. The third-order valence-electron chi connectivity index (χ3n) is 7.27. The van der Waals surface area contributed by atoms with Crippen molar-refractivity contribution in [3.63, 3.8) is 0 Å². The fourth-order valence-electron chi connectivity index (χ4n) is 5.11. The number of alkyl halides is 3. The van der Waals surface area contributed by atoms with Crippen molar-refractivity contribution in [1.29, 1.82) is 0 Å². The van der Waals surface area contributed by atoms with Gasteiger partial charge in [0.2, 0.25) is 0 Å². The van der Waals surface area contributed by atoms with Crippen LogP contribution < -0.4 is 0 Å². The van der Waals surface area contributed by atoms with Crippen LogP contribution in [-0.2, 0) is 24.1 Å². The Hall–Kier alpha value is -3.61. The summed E-state index contributed by atoms with van der Waals surface area (Å²) in [6.45, 7) is 1.54. The van der Waals surface area contributed by atoms with Crippen LogP contribution in [0.5, 0.6) is 0 Å². The van der Waals surface area contributed by atoms with Gasteiger partial charge >= 0.3 is 6.18 Å². The lowest BCUT2D eigenvalue weighted by molar-refractivity contribution is -0.138. The van der Waals surface area contributed by atoms with E-state index in [0.717, 1.165) is 17.0 Å². The highest BCUT2D eigenvalue weighted by molar-refractivity contribution is 8.18. The van der Waals surface area contributed by atoms with Crippen LogP contribution in [0.15, 0.2) is 71.2 Å². The van der Waals surface area contributed by atoms with Gasteiger partial charge in [-0.05, 0) is 66.1 Å². The molecule has 13 heteroatoms. The number of piperidine rings is 1. The summed E-state index contributed by atoms with van der Waals surface area (Å²) in [4.78, 5) is 23.5. The van der Waals surface area contributed by atoms with Gasteiger partial charge in [0, 0.05) is 35.9 Å². The number of carbonyl (C=O) groups excluding carboxylic acids is 1. The Bertz CT molecular complexity index is 1670. The molecule has 2 aromatic carbocycles. The highest BCUT2D eigenvalue weighted by atomic mass is 35.5. The zero-order chi connectivity index (χ0) is 28.8. The summed E-state index contributed by atoms with van der Waals surface area (Å²) < 4.78 is 44.0. The largest absolute Gasteiger partial charge is 0.416 e. The Kier molecular flexibility index (Phi) is 7.16. The van der Waals surface area contributed by atoms with Crippen molar-refractivity contribution in [3.05, 3.63) is 87.9 Å². The standard InChI is InChI=1S/C28H24ClF3N6O2S/c29-21-3-2-19(22(13-21)28(30,31)32)15-38-23-4-1-18(11-20(23)14-34-38)12-24-25(39)35-26(41-24)37-8-5-27(40,6-9-37)16-36-10-7-33-17-36/h1-4,7,10-14,17,40H,5-6,8-9,15-16H2. The van der Waals surface area contributed by atoms with Gasteiger partial charge in [-0.15, -0.1) is 0 Å². The number of amidine groups is 1.